The first-order valence-corrected chi connectivity index (χ1v) is 5.70. The molecule has 0 aliphatic carbocycles. The monoisotopic (exact) mass is 196 g/mol. The Morgan fingerprint density at radius 2 is 2.15 bits per heavy atom. The van der Waals surface area contributed by atoms with Gasteiger partial charge in [0, 0.05) is 9.75 Å². The quantitative estimate of drug-likeness (QED) is 0.670. The third kappa shape index (κ3) is 1.53. The van der Waals surface area contributed by atoms with Gasteiger partial charge in [-0.15, -0.1) is 11.3 Å². The summed E-state index contributed by atoms with van der Waals surface area (Å²) in [5.41, 5.74) is 3.10. The molecule has 2 heteroatoms. The van der Waals surface area contributed by atoms with Gasteiger partial charge in [0.15, 0.2) is 0 Å². The average Bonchev–Trinajstić information content (AvgIpc) is 2.45. The van der Waals surface area contributed by atoms with Gasteiger partial charge in [0.05, 0.1) is 13.2 Å². The Morgan fingerprint density at radius 1 is 1.38 bits per heavy atom. The standard InChI is InChI=1S/C11H16OS/c1-7(2)11-8(3)9-4-5-12-6-10(9)13-11/h7H,4-6H2,1-3H3. The molecule has 0 N–H and O–H groups in total. The van der Waals surface area contributed by atoms with E-state index in [0.717, 1.165) is 19.6 Å². The lowest BCUT2D eigenvalue weighted by Gasteiger charge is -2.12. The Hall–Kier alpha value is -0.340. The summed E-state index contributed by atoms with van der Waals surface area (Å²) < 4.78 is 5.45. The highest BCUT2D eigenvalue weighted by molar-refractivity contribution is 7.12. The van der Waals surface area contributed by atoms with Crippen LogP contribution in [0.4, 0.5) is 0 Å². The maximum absolute atomic E-state index is 5.45. The third-order valence-electron chi connectivity index (χ3n) is 2.65. The Kier molecular flexibility index (Phi) is 2.43. The summed E-state index contributed by atoms with van der Waals surface area (Å²) in [5, 5.41) is 0. The first-order chi connectivity index (χ1) is 6.20. The van der Waals surface area contributed by atoms with Crippen molar-refractivity contribution < 1.29 is 4.74 Å². The van der Waals surface area contributed by atoms with E-state index >= 15 is 0 Å². The van der Waals surface area contributed by atoms with E-state index in [1.54, 1.807) is 10.4 Å². The molecule has 1 aliphatic rings. The van der Waals surface area contributed by atoms with Crippen LogP contribution >= 0.6 is 11.3 Å². The number of thiophene rings is 1. The van der Waals surface area contributed by atoms with Crippen LogP contribution in [-0.2, 0) is 17.8 Å². The van der Waals surface area contributed by atoms with Crippen LogP contribution in [0.3, 0.4) is 0 Å². The van der Waals surface area contributed by atoms with E-state index in [2.05, 4.69) is 20.8 Å². The molecule has 0 saturated carbocycles. The van der Waals surface area contributed by atoms with E-state index in [1.807, 2.05) is 11.3 Å². The molecule has 1 aromatic rings. The average molecular weight is 196 g/mol. The molecule has 0 spiro atoms. The van der Waals surface area contributed by atoms with Gasteiger partial charge in [0.2, 0.25) is 0 Å². The van der Waals surface area contributed by atoms with Crippen molar-refractivity contribution in [3.63, 3.8) is 0 Å². The van der Waals surface area contributed by atoms with Crippen molar-refractivity contribution in [2.45, 2.75) is 39.7 Å². The van der Waals surface area contributed by atoms with Crippen LogP contribution in [0.5, 0.6) is 0 Å². The van der Waals surface area contributed by atoms with Crippen molar-refractivity contribution in [1.29, 1.82) is 0 Å². The Morgan fingerprint density at radius 3 is 2.77 bits per heavy atom. The molecule has 0 unspecified atom stereocenters. The highest BCUT2D eigenvalue weighted by atomic mass is 32.1. The Bertz CT molecular complexity index is 312. The largest absolute Gasteiger partial charge is 0.376 e. The molecular formula is C11H16OS. The molecule has 0 fully saturated rings. The van der Waals surface area contributed by atoms with Gasteiger partial charge in [-0.2, -0.15) is 0 Å². The molecule has 1 aliphatic heterocycles. The van der Waals surface area contributed by atoms with Crippen LogP contribution < -0.4 is 0 Å². The fraction of sp³-hybridized carbons (Fsp3) is 0.636. The zero-order valence-corrected chi connectivity index (χ0v) is 9.33. The molecule has 0 saturated heterocycles. The maximum atomic E-state index is 5.45. The molecule has 72 valence electrons. The number of fused-ring (bicyclic) bond motifs is 1. The highest BCUT2D eigenvalue weighted by Crippen LogP contribution is 2.35. The fourth-order valence-corrected chi connectivity index (χ4v) is 3.26. The van der Waals surface area contributed by atoms with Crippen molar-refractivity contribution in [3.05, 3.63) is 20.9 Å². The molecule has 2 heterocycles. The summed E-state index contributed by atoms with van der Waals surface area (Å²) in [4.78, 5) is 3.02. The molecule has 0 amide bonds. The van der Waals surface area contributed by atoms with E-state index < -0.39 is 0 Å². The van der Waals surface area contributed by atoms with Gasteiger partial charge in [0.25, 0.3) is 0 Å². The highest BCUT2D eigenvalue weighted by Gasteiger charge is 2.19. The fourth-order valence-electron chi connectivity index (χ4n) is 1.96. The summed E-state index contributed by atoms with van der Waals surface area (Å²) in [7, 11) is 0. The Balaban J connectivity index is 2.44. The minimum absolute atomic E-state index is 0.663. The lowest BCUT2D eigenvalue weighted by atomic mass is 10.0. The summed E-state index contributed by atoms with van der Waals surface area (Å²) in [5.74, 6) is 0.663. The number of rotatable bonds is 1. The van der Waals surface area contributed by atoms with Crippen molar-refractivity contribution >= 4 is 11.3 Å². The van der Waals surface area contributed by atoms with Crippen molar-refractivity contribution in [1.82, 2.24) is 0 Å². The minimum atomic E-state index is 0.663. The van der Waals surface area contributed by atoms with E-state index in [-0.39, 0.29) is 0 Å². The molecule has 0 radical (unpaired) electrons. The van der Waals surface area contributed by atoms with Gasteiger partial charge >= 0.3 is 0 Å². The van der Waals surface area contributed by atoms with Gasteiger partial charge in [-0.1, -0.05) is 13.8 Å². The smallest absolute Gasteiger partial charge is 0.0812 e. The van der Waals surface area contributed by atoms with Gasteiger partial charge in [-0.05, 0) is 30.4 Å². The number of hydrogen-bond donors (Lipinski definition) is 0. The van der Waals surface area contributed by atoms with E-state index in [9.17, 15) is 0 Å². The van der Waals surface area contributed by atoms with Crippen LogP contribution in [0.15, 0.2) is 0 Å². The number of ether oxygens (including phenoxy) is 1. The predicted octanol–water partition coefficient (Wildman–Crippen LogP) is 3.25. The van der Waals surface area contributed by atoms with Crippen LogP contribution in [0.1, 0.15) is 40.6 Å². The van der Waals surface area contributed by atoms with Crippen LogP contribution in [-0.4, -0.2) is 6.61 Å². The van der Waals surface area contributed by atoms with Gasteiger partial charge in [-0.25, -0.2) is 0 Å². The van der Waals surface area contributed by atoms with Gasteiger partial charge in [-0.3, -0.25) is 0 Å². The molecule has 0 bridgehead atoms. The predicted molar refractivity (Wildman–Crippen MR) is 56.5 cm³/mol. The minimum Gasteiger partial charge on any atom is -0.376 e. The van der Waals surface area contributed by atoms with Crippen molar-refractivity contribution in [2.75, 3.05) is 6.61 Å². The first kappa shape index (κ1) is 9.22. The topological polar surface area (TPSA) is 9.23 Å². The van der Waals surface area contributed by atoms with Crippen LogP contribution in [0.2, 0.25) is 0 Å². The SMILES string of the molecule is Cc1c(C(C)C)sc2c1CCOC2. The molecule has 0 atom stereocenters. The van der Waals surface area contributed by atoms with Crippen LogP contribution in [0, 0.1) is 6.92 Å². The van der Waals surface area contributed by atoms with Crippen molar-refractivity contribution in [2.24, 2.45) is 0 Å². The summed E-state index contributed by atoms with van der Waals surface area (Å²) in [6, 6.07) is 0. The van der Waals surface area contributed by atoms with Gasteiger partial charge in [0.1, 0.15) is 0 Å². The maximum Gasteiger partial charge on any atom is 0.0812 e. The molecule has 1 aromatic heterocycles. The van der Waals surface area contributed by atoms with Crippen molar-refractivity contribution in [3.8, 4) is 0 Å². The zero-order valence-electron chi connectivity index (χ0n) is 8.52. The Labute approximate surface area is 83.7 Å². The second-order valence-corrected chi connectivity index (χ2v) is 5.09. The summed E-state index contributed by atoms with van der Waals surface area (Å²) in [6.45, 7) is 8.54. The van der Waals surface area contributed by atoms with Gasteiger partial charge < -0.3 is 4.74 Å². The molecule has 0 aromatic carbocycles. The molecule has 13 heavy (non-hydrogen) atoms. The lowest BCUT2D eigenvalue weighted by Crippen LogP contribution is -2.07. The second-order valence-electron chi connectivity index (χ2n) is 3.95. The first-order valence-electron chi connectivity index (χ1n) is 4.89. The normalized spacial score (nSPS) is 16.3. The van der Waals surface area contributed by atoms with E-state index in [0.29, 0.717) is 5.92 Å². The molecular weight excluding hydrogens is 180 g/mol. The molecule has 1 nitrogen and oxygen atoms in total. The van der Waals surface area contributed by atoms with E-state index in [4.69, 9.17) is 4.74 Å². The van der Waals surface area contributed by atoms with E-state index in [1.165, 1.54) is 10.4 Å². The third-order valence-corrected chi connectivity index (χ3v) is 4.25. The summed E-state index contributed by atoms with van der Waals surface area (Å²) in [6.07, 6.45) is 1.12. The zero-order chi connectivity index (χ0) is 9.42. The molecule has 2 rings (SSSR count). The second kappa shape index (κ2) is 3.43. The lowest BCUT2D eigenvalue weighted by molar-refractivity contribution is 0.113. The van der Waals surface area contributed by atoms with Crippen LogP contribution in [0.25, 0.3) is 0 Å². The summed E-state index contributed by atoms with van der Waals surface area (Å²) >= 11 is 1.95. The number of hydrogen-bond acceptors (Lipinski definition) is 2.